The first kappa shape index (κ1) is 13.3. The fourth-order valence-corrected chi connectivity index (χ4v) is 1.95. The molecule has 2 aromatic rings. The van der Waals surface area contributed by atoms with Crippen LogP contribution in [0.15, 0.2) is 24.3 Å². The maximum Gasteiger partial charge on any atom is 0.360 e. The predicted molar refractivity (Wildman–Crippen MR) is 71.5 cm³/mol. The Balaban J connectivity index is 2.44. The van der Waals surface area contributed by atoms with Crippen LogP contribution in [0.1, 0.15) is 35.6 Å². The molecule has 0 atom stereocenters. The van der Waals surface area contributed by atoms with Gasteiger partial charge in [0.15, 0.2) is 5.69 Å². The molecule has 0 aliphatic heterocycles. The summed E-state index contributed by atoms with van der Waals surface area (Å²) >= 11 is 0. The van der Waals surface area contributed by atoms with Crippen LogP contribution >= 0.6 is 0 Å². The van der Waals surface area contributed by atoms with Crippen LogP contribution in [0, 0.1) is 0 Å². The Hall–Kier alpha value is -2.17. The van der Waals surface area contributed by atoms with Gasteiger partial charge >= 0.3 is 5.97 Å². The lowest BCUT2D eigenvalue weighted by molar-refractivity contribution is 0.0592. The number of carbonyl (C=O) groups excluding carboxylic acids is 1. The molecule has 2 rings (SSSR count). The average molecular weight is 259 g/mol. The Kier molecular flexibility index (Phi) is 3.94. The third kappa shape index (κ3) is 2.50. The van der Waals surface area contributed by atoms with Crippen LogP contribution in [0.4, 0.5) is 0 Å². The van der Waals surface area contributed by atoms with Gasteiger partial charge in [0.1, 0.15) is 0 Å². The summed E-state index contributed by atoms with van der Waals surface area (Å²) in [6.45, 7) is 4.07. The molecule has 1 aromatic heterocycles. The van der Waals surface area contributed by atoms with Crippen LogP contribution < -0.4 is 0 Å². The topological polar surface area (TPSA) is 57.0 Å². The number of esters is 1. The minimum atomic E-state index is -0.451. The summed E-state index contributed by atoms with van der Waals surface area (Å²) in [6.07, 6.45) is 1.65. The van der Waals surface area contributed by atoms with E-state index < -0.39 is 5.97 Å². The molecule has 0 N–H and O–H groups in total. The van der Waals surface area contributed by atoms with Gasteiger partial charge in [-0.05, 0) is 30.5 Å². The van der Waals surface area contributed by atoms with Gasteiger partial charge in [-0.2, -0.15) is 0 Å². The first-order valence-corrected chi connectivity index (χ1v) is 6.33. The van der Waals surface area contributed by atoms with E-state index in [1.54, 1.807) is 4.68 Å². The average Bonchev–Trinajstić information content (AvgIpc) is 2.90. The van der Waals surface area contributed by atoms with Crippen molar-refractivity contribution in [3.8, 4) is 5.69 Å². The Morgan fingerprint density at radius 1 is 1.21 bits per heavy atom. The molecule has 19 heavy (non-hydrogen) atoms. The van der Waals surface area contributed by atoms with Crippen molar-refractivity contribution in [2.24, 2.45) is 0 Å². The van der Waals surface area contributed by atoms with E-state index in [4.69, 9.17) is 4.74 Å². The van der Waals surface area contributed by atoms with Gasteiger partial charge in [0, 0.05) is 0 Å². The molecule has 0 unspecified atom stereocenters. The van der Waals surface area contributed by atoms with E-state index in [-0.39, 0.29) is 5.69 Å². The second kappa shape index (κ2) is 5.65. The van der Waals surface area contributed by atoms with E-state index >= 15 is 0 Å². The van der Waals surface area contributed by atoms with E-state index in [9.17, 15) is 4.79 Å². The van der Waals surface area contributed by atoms with Crippen molar-refractivity contribution < 1.29 is 9.53 Å². The molecular formula is C14H17N3O2. The lowest BCUT2D eigenvalue weighted by atomic mass is 10.1. The Labute approximate surface area is 112 Å². The van der Waals surface area contributed by atoms with Gasteiger partial charge < -0.3 is 4.74 Å². The molecule has 0 spiro atoms. The summed E-state index contributed by atoms with van der Waals surface area (Å²) in [5.74, 6) is -0.451. The van der Waals surface area contributed by atoms with Gasteiger partial charge in [-0.15, -0.1) is 5.10 Å². The summed E-state index contributed by atoms with van der Waals surface area (Å²) < 4.78 is 6.40. The summed E-state index contributed by atoms with van der Waals surface area (Å²) in [5, 5.41) is 7.96. The van der Waals surface area contributed by atoms with E-state index in [1.165, 1.54) is 12.7 Å². The van der Waals surface area contributed by atoms with Crippen molar-refractivity contribution in [1.82, 2.24) is 15.0 Å². The summed E-state index contributed by atoms with van der Waals surface area (Å²) in [6, 6.07) is 8.06. The van der Waals surface area contributed by atoms with Gasteiger partial charge in [0.25, 0.3) is 0 Å². The highest BCUT2D eigenvalue weighted by Crippen LogP contribution is 2.15. The van der Waals surface area contributed by atoms with Crippen molar-refractivity contribution in [1.29, 1.82) is 0 Å². The zero-order valence-electron chi connectivity index (χ0n) is 11.4. The SMILES string of the molecule is CCc1ccc(-n2nnc(C(=O)OC)c2CC)cc1. The van der Waals surface area contributed by atoms with E-state index in [1.807, 2.05) is 31.2 Å². The Morgan fingerprint density at radius 3 is 2.42 bits per heavy atom. The Morgan fingerprint density at radius 2 is 1.89 bits per heavy atom. The number of hydrogen-bond donors (Lipinski definition) is 0. The number of aryl methyl sites for hydroxylation is 1. The molecular weight excluding hydrogens is 242 g/mol. The number of benzene rings is 1. The minimum absolute atomic E-state index is 0.282. The second-order valence-electron chi connectivity index (χ2n) is 4.16. The van der Waals surface area contributed by atoms with Crippen LogP contribution in [0.2, 0.25) is 0 Å². The normalized spacial score (nSPS) is 10.5. The molecule has 0 saturated carbocycles. The monoisotopic (exact) mass is 259 g/mol. The van der Waals surface area contributed by atoms with Crippen molar-refractivity contribution in [3.05, 3.63) is 41.2 Å². The smallest absolute Gasteiger partial charge is 0.360 e. The molecule has 0 bridgehead atoms. The lowest BCUT2D eigenvalue weighted by Gasteiger charge is -2.06. The van der Waals surface area contributed by atoms with Crippen LogP contribution in [-0.4, -0.2) is 28.1 Å². The first-order valence-electron chi connectivity index (χ1n) is 6.33. The molecule has 0 saturated heterocycles. The zero-order valence-corrected chi connectivity index (χ0v) is 11.4. The van der Waals surface area contributed by atoms with Crippen LogP contribution in [0.5, 0.6) is 0 Å². The van der Waals surface area contributed by atoms with Crippen molar-refractivity contribution in [2.75, 3.05) is 7.11 Å². The summed E-state index contributed by atoms with van der Waals surface area (Å²) in [4.78, 5) is 11.6. The van der Waals surface area contributed by atoms with Gasteiger partial charge in [0.05, 0.1) is 18.5 Å². The number of ether oxygens (including phenoxy) is 1. The largest absolute Gasteiger partial charge is 0.464 e. The molecule has 1 aromatic carbocycles. The number of carbonyl (C=O) groups is 1. The van der Waals surface area contributed by atoms with Crippen LogP contribution in [0.3, 0.4) is 0 Å². The van der Waals surface area contributed by atoms with Crippen LogP contribution in [-0.2, 0) is 17.6 Å². The van der Waals surface area contributed by atoms with Gasteiger partial charge in [-0.1, -0.05) is 31.2 Å². The minimum Gasteiger partial charge on any atom is -0.464 e. The standard InChI is InChI=1S/C14H17N3O2/c1-4-10-6-8-11(9-7-10)17-12(5-2)13(15-16-17)14(18)19-3/h6-9H,4-5H2,1-3H3. The molecule has 100 valence electrons. The highest BCUT2D eigenvalue weighted by atomic mass is 16.5. The highest BCUT2D eigenvalue weighted by Gasteiger charge is 2.19. The maximum atomic E-state index is 11.6. The quantitative estimate of drug-likeness (QED) is 0.790. The van der Waals surface area contributed by atoms with E-state index in [0.29, 0.717) is 6.42 Å². The molecule has 5 heteroatoms. The Bertz CT molecular complexity index is 573. The van der Waals surface area contributed by atoms with Gasteiger partial charge in [-0.3, -0.25) is 0 Å². The molecule has 1 heterocycles. The second-order valence-corrected chi connectivity index (χ2v) is 4.16. The van der Waals surface area contributed by atoms with Crippen LogP contribution in [0.25, 0.3) is 5.69 Å². The van der Waals surface area contributed by atoms with Gasteiger partial charge in [-0.25, -0.2) is 9.48 Å². The van der Waals surface area contributed by atoms with Crippen molar-refractivity contribution >= 4 is 5.97 Å². The maximum absolute atomic E-state index is 11.6. The lowest BCUT2D eigenvalue weighted by Crippen LogP contribution is -2.07. The fraction of sp³-hybridized carbons (Fsp3) is 0.357. The van der Waals surface area contributed by atoms with Gasteiger partial charge in [0.2, 0.25) is 0 Å². The molecule has 0 aliphatic rings. The molecule has 0 amide bonds. The third-order valence-corrected chi connectivity index (χ3v) is 3.07. The number of rotatable bonds is 4. The number of hydrogen-bond acceptors (Lipinski definition) is 4. The van der Waals surface area contributed by atoms with E-state index in [2.05, 4.69) is 17.2 Å². The molecule has 5 nitrogen and oxygen atoms in total. The molecule has 0 radical (unpaired) electrons. The van der Waals surface area contributed by atoms with Crippen molar-refractivity contribution in [3.63, 3.8) is 0 Å². The third-order valence-electron chi connectivity index (χ3n) is 3.07. The first-order chi connectivity index (χ1) is 9.21. The fourth-order valence-electron chi connectivity index (χ4n) is 1.95. The predicted octanol–water partition coefficient (Wildman–Crippen LogP) is 2.18. The van der Waals surface area contributed by atoms with E-state index in [0.717, 1.165) is 17.8 Å². The molecule has 0 aliphatic carbocycles. The number of aromatic nitrogens is 3. The van der Waals surface area contributed by atoms with Crippen molar-refractivity contribution in [2.45, 2.75) is 26.7 Å². The molecule has 0 fully saturated rings. The highest BCUT2D eigenvalue weighted by molar-refractivity contribution is 5.88. The summed E-state index contributed by atoms with van der Waals surface area (Å²) in [7, 11) is 1.34. The summed E-state index contributed by atoms with van der Waals surface area (Å²) in [5.41, 5.74) is 3.20. The zero-order chi connectivity index (χ0) is 13.8. The number of methoxy groups -OCH3 is 1. The number of nitrogens with zero attached hydrogens (tertiary/aromatic N) is 3.